The molecule has 40 heavy (non-hydrogen) atoms. The minimum atomic E-state index is -0.795. The van der Waals surface area contributed by atoms with Crippen LogP contribution >= 0.6 is 0 Å². The van der Waals surface area contributed by atoms with Crippen molar-refractivity contribution in [2.75, 3.05) is 17.7 Å². The number of amides is 1. The summed E-state index contributed by atoms with van der Waals surface area (Å²) >= 11 is 0. The normalized spacial score (nSPS) is 10.7. The molecule has 0 unspecified atom stereocenters. The van der Waals surface area contributed by atoms with E-state index in [0.717, 1.165) is 40.2 Å². The van der Waals surface area contributed by atoms with Crippen LogP contribution in [0.4, 0.5) is 11.5 Å². The van der Waals surface area contributed by atoms with Gasteiger partial charge in [0.15, 0.2) is 0 Å². The number of carbonyl (C=O) groups excluding carboxylic acids is 2. The molecule has 0 aliphatic rings. The van der Waals surface area contributed by atoms with E-state index < -0.39 is 5.41 Å². The lowest BCUT2D eigenvalue weighted by Gasteiger charge is -2.15. The molecule has 0 saturated carbocycles. The monoisotopic (exact) mass is 535 g/mol. The number of carbonyl (C=O) groups is 2. The number of hydrogen-bond acceptors (Lipinski definition) is 8. The Kier molecular flexibility index (Phi) is 9.76. The molecule has 0 aliphatic heterocycles. The van der Waals surface area contributed by atoms with Crippen molar-refractivity contribution >= 4 is 23.7 Å². The van der Waals surface area contributed by atoms with Crippen LogP contribution in [0, 0.1) is 24.2 Å². The summed E-state index contributed by atoms with van der Waals surface area (Å²) in [6.45, 7) is 9.16. The van der Waals surface area contributed by atoms with Crippen LogP contribution in [-0.4, -0.2) is 39.2 Å². The Morgan fingerprint density at radius 1 is 0.975 bits per heavy atom. The van der Waals surface area contributed by atoms with Crippen molar-refractivity contribution in [3.63, 3.8) is 0 Å². The van der Waals surface area contributed by atoms with Gasteiger partial charge in [-0.2, -0.15) is 5.26 Å². The van der Waals surface area contributed by atoms with E-state index >= 15 is 0 Å². The van der Waals surface area contributed by atoms with Crippen molar-refractivity contribution < 1.29 is 9.59 Å². The molecule has 4 rings (SSSR count). The van der Waals surface area contributed by atoms with E-state index in [4.69, 9.17) is 0 Å². The molecule has 2 N–H and O–H groups in total. The summed E-state index contributed by atoms with van der Waals surface area (Å²) in [5.74, 6) is 0.662. The highest BCUT2D eigenvalue weighted by Gasteiger charge is 2.22. The SMILES string of the molecule is CC(C)C=O.CNc1cc(-c2cc(-c3cc(NC(=O)c4ccnc(C(C)(C)C#N)c4)cnc3C)ccn2)ccn1. The molecule has 0 atom stereocenters. The van der Waals surface area contributed by atoms with E-state index in [0.29, 0.717) is 16.9 Å². The van der Waals surface area contributed by atoms with Crippen LogP contribution in [0.2, 0.25) is 0 Å². The third kappa shape index (κ3) is 7.54. The van der Waals surface area contributed by atoms with Crippen molar-refractivity contribution in [1.82, 2.24) is 19.9 Å². The van der Waals surface area contributed by atoms with Gasteiger partial charge in [-0.1, -0.05) is 13.8 Å². The first kappa shape index (κ1) is 29.6. The molecule has 4 heterocycles. The van der Waals surface area contributed by atoms with Crippen molar-refractivity contribution in [1.29, 1.82) is 5.26 Å². The fourth-order valence-corrected chi connectivity index (χ4v) is 3.55. The molecule has 4 aromatic heterocycles. The molecule has 9 heteroatoms. The van der Waals surface area contributed by atoms with E-state index in [-0.39, 0.29) is 11.8 Å². The number of hydrogen-bond donors (Lipinski definition) is 2. The number of nitrogens with one attached hydrogen (secondary N) is 2. The molecule has 0 bridgehead atoms. The molecular formula is C31H33N7O2. The predicted molar refractivity (Wildman–Crippen MR) is 157 cm³/mol. The van der Waals surface area contributed by atoms with Gasteiger partial charge in [0.1, 0.15) is 12.1 Å². The van der Waals surface area contributed by atoms with Crippen molar-refractivity contribution in [3.05, 3.63) is 84.2 Å². The topological polar surface area (TPSA) is 134 Å². The molecule has 0 aliphatic carbocycles. The van der Waals surface area contributed by atoms with Gasteiger partial charge in [-0.15, -0.1) is 0 Å². The first-order chi connectivity index (χ1) is 19.1. The molecule has 4 aromatic rings. The van der Waals surface area contributed by atoms with Gasteiger partial charge in [0.25, 0.3) is 5.91 Å². The summed E-state index contributed by atoms with van der Waals surface area (Å²) < 4.78 is 0. The number of aryl methyl sites for hydroxylation is 1. The number of pyridine rings is 4. The van der Waals surface area contributed by atoms with E-state index in [2.05, 4.69) is 36.6 Å². The number of nitrogens with zero attached hydrogens (tertiary/aromatic N) is 5. The number of nitriles is 1. The van der Waals surface area contributed by atoms with Gasteiger partial charge in [0.05, 0.1) is 34.8 Å². The predicted octanol–water partition coefficient (Wildman–Crippen LogP) is 5.85. The molecule has 0 spiro atoms. The Labute approximate surface area is 234 Å². The summed E-state index contributed by atoms with van der Waals surface area (Å²) in [5, 5.41) is 15.3. The van der Waals surface area contributed by atoms with Gasteiger partial charge in [-0.25, -0.2) is 4.98 Å². The second-order valence-electron chi connectivity index (χ2n) is 9.97. The average molecular weight is 536 g/mol. The zero-order valence-corrected chi connectivity index (χ0v) is 23.6. The summed E-state index contributed by atoms with van der Waals surface area (Å²) in [7, 11) is 1.82. The molecule has 1 amide bonds. The van der Waals surface area contributed by atoms with Gasteiger partial charge >= 0.3 is 0 Å². The fraction of sp³-hybridized carbons (Fsp3) is 0.258. The van der Waals surface area contributed by atoms with E-state index in [1.165, 1.54) is 0 Å². The number of anilines is 2. The smallest absolute Gasteiger partial charge is 0.255 e. The molecule has 0 fully saturated rings. The minimum Gasteiger partial charge on any atom is -0.373 e. The van der Waals surface area contributed by atoms with Crippen LogP contribution in [0.5, 0.6) is 0 Å². The molecule has 204 valence electrons. The largest absolute Gasteiger partial charge is 0.373 e. The highest BCUT2D eigenvalue weighted by atomic mass is 16.1. The number of aldehydes is 1. The quantitative estimate of drug-likeness (QED) is 0.282. The third-order valence-corrected chi connectivity index (χ3v) is 5.94. The van der Waals surface area contributed by atoms with Gasteiger partial charge < -0.3 is 15.4 Å². The lowest BCUT2D eigenvalue weighted by Crippen LogP contribution is -2.18. The van der Waals surface area contributed by atoms with Crippen molar-refractivity contribution in [2.24, 2.45) is 5.92 Å². The highest BCUT2D eigenvalue weighted by molar-refractivity contribution is 6.04. The zero-order chi connectivity index (χ0) is 29.3. The lowest BCUT2D eigenvalue weighted by atomic mass is 9.90. The molecule has 9 nitrogen and oxygen atoms in total. The van der Waals surface area contributed by atoms with Crippen molar-refractivity contribution in [2.45, 2.75) is 40.0 Å². The highest BCUT2D eigenvalue weighted by Crippen LogP contribution is 2.29. The van der Waals surface area contributed by atoms with E-state index in [9.17, 15) is 14.9 Å². The van der Waals surface area contributed by atoms with Gasteiger partial charge in [-0.3, -0.25) is 19.7 Å². The van der Waals surface area contributed by atoms with E-state index in [1.54, 1.807) is 50.8 Å². The Morgan fingerprint density at radius 3 is 2.33 bits per heavy atom. The maximum Gasteiger partial charge on any atom is 0.255 e. The standard InChI is InChI=1S/C27H25N7O.C4H8O/c1-17-22(18-5-8-30-23(11-18)19-6-10-32-25(13-19)29-4)14-21(15-33-17)34-26(35)20-7-9-31-24(12-20)27(2,3)16-28;1-4(2)3-5/h5-15H,1-4H3,(H,29,32)(H,34,35);3-4H,1-2H3. The van der Waals surface area contributed by atoms with Crippen molar-refractivity contribution in [3.8, 4) is 28.5 Å². The Morgan fingerprint density at radius 2 is 1.65 bits per heavy atom. The number of rotatable bonds is 7. The summed E-state index contributed by atoms with van der Waals surface area (Å²) in [6.07, 6.45) is 7.58. The molecule has 0 saturated heterocycles. The van der Waals surface area contributed by atoms with Crippen LogP contribution in [0.15, 0.2) is 67.3 Å². The Bertz CT molecular complexity index is 1540. The zero-order valence-electron chi connectivity index (χ0n) is 23.6. The second kappa shape index (κ2) is 13.2. The van der Waals surface area contributed by atoms with Crippen LogP contribution in [0.25, 0.3) is 22.4 Å². The minimum absolute atomic E-state index is 0.204. The number of aromatic nitrogens is 4. The second-order valence-corrected chi connectivity index (χ2v) is 9.97. The average Bonchev–Trinajstić information content (AvgIpc) is 2.98. The van der Waals surface area contributed by atoms with Gasteiger partial charge in [0.2, 0.25) is 0 Å². The maximum atomic E-state index is 12.9. The summed E-state index contributed by atoms with van der Waals surface area (Å²) in [6, 6.07) is 15.1. The molecule has 0 radical (unpaired) electrons. The summed E-state index contributed by atoms with van der Waals surface area (Å²) in [4.78, 5) is 40.0. The fourth-order valence-electron chi connectivity index (χ4n) is 3.55. The maximum absolute atomic E-state index is 12.9. The first-order valence-electron chi connectivity index (χ1n) is 12.8. The van der Waals surface area contributed by atoms with Gasteiger partial charge in [-0.05, 0) is 68.8 Å². The van der Waals surface area contributed by atoms with Crippen LogP contribution in [0.1, 0.15) is 49.4 Å². The Balaban J connectivity index is 0.000000810. The third-order valence-electron chi connectivity index (χ3n) is 5.94. The Hall–Kier alpha value is -4.97. The molecule has 0 aromatic carbocycles. The van der Waals surface area contributed by atoms with Crippen LogP contribution in [0.3, 0.4) is 0 Å². The lowest BCUT2D eigenvalue weighted by molar-refractivity contribution is -0.110. The van der Waals surface area contributed by atoms with E-state index in [1.807, 2.05) is 58.2 Å². The summed E-state index contributed by atoms with van der Waals surface area (Å²) in [5.41, 5.74) is 5.12. The van der Waals surface area contributed by atoms with Crippen LogP contribution < -0.4 is 10.6 Å². The molecular weight excluding hydrogens is 502 g/mol. The van der Waals surface area contributed by atoms with Gasteiger partial charge in [0, 0.05) is 53.9 Å². The first-order valence-corrected chi connectivity index (χ1v) is 12.8. The van der Waals surface area contributed by atoms with Crippen LogP contribution in [-0.2, 0) is 10.2 Å².